The molecule has 0 radical (unpaired) electrons. The third-order valence-corrected chi connectivity index (χ3v) is 6.20. The normalized spacial score (nSPS) is 11.0. The van der Waals surface area contributed by atoms with Crippen molar-refractivity contribution in [2.75, 3.05) is 5.32 Å². The zero-order valence-electron chi connectivity index (χ0n) is 13.6. The number of hydrogen-bond acceptors (Lipinski definition) is 6. The quantitative estimate of drug-likeness (QED) is 0.431. The van der Waals surface area contributed by atoms with Crippen LogP contribution in [0.4, 0.5) is 5.13 Å². The minimum Gasteiger partial charge on any atom is -0.295 e. The highest BCUT2D eigenvalue weighted by Crippen LogP contribution is 2.29. The molecule has 130 valence electrons. The maximum Gasteiger partial charge on any atom is 0.279 e. The van der Waals surface area contributed by atoms with Gasteiger partial charge >= 0.3 is 0 Å². The van der Waals surface area contributed by atoms with Gasteiger partial charge in [-0.05, 0) is 27.4 Å². The van der Waals surface area contributed by atoms with E-state index in [4.69, 9.17) is 0 Å². The fourth-order valence-electron chi connectivity index (χ4n) is 2.07. The Labute approximate surface area is 162 Å². The van der Waals surface area contributed by atoms with Gasteiger partial charge in [-0.25, -0.2) is 0 Å². The van der Waals surface area contributed by atoms with E-state index >= 15 is 0 Å². The molecule has 0 spiro atoms. The van der Waals surface area contributed by atoms with Crippen LogP contribution in [0.15, 0.2) is 39.1 Å². The van der Waals surface area contributed by atoms with E-state index in [1.54, 1.807) is 11.8 Å². The fourth-order valence-corrected chi connectivity index (χ4v) is 4.59. The van der Waals surface area contributed by atoms with Crippen molar-refractivity contribution >= 4 is 50.1 Å². The number of nitrogens with zero attached hydrogens (tertiary/aromatic N) is 3. The van der Waals surface area contributed by atoms with E-state index in [1.807, 2.05) is 32.0 Å². The van der Waals surface area contributed by atoms with Gasteiger partial charge in [-0.2, -0.15) is 5.10 Å². The summed E-state index contributed by atoms with van der Waals surface area (Å²) in [5, 5.41) is 18.3. The minimum absolute atomic E-state index is 0.242. The Bertz CT molecular complexity index is 863. The van der Waals surface area contributed by atoms with Gasteiger partial charge in [0, 0.05) is 5.75 Å². The van der Waals surface area contributed by atoms with Gasteiger partial charge in [-0.15, -0.1) is 10.2 Å². The summed E-state index contributed by atoms with van der Waals surface area (Å²) in [5.41, 5.74) is 2.42. The van der Waals surface area contributed by atoms with Crippen LogP contribution in [0.25, 0.3) is 0 Å². The van der Waals surface area contributed by atoms with Gasteiger partial charge in [-0.1, -0.05) is 67.3 Å². The number of aromatic nitrogens is 4. The van der Waals surface area contributed by atoms with Crippen molar-refractivity contribution in [2.24, 2.45) is 0 Å². The molecule has 3 aromatic rings. The van der Waals surface area contributed by atoms with E-state index in [0.717, 1.165) is 15.8 Å². The van der Waals surface area contributed by atoms with Crippen LogP contribution < -0.4 is 5.32 Å². The smallest absolute Gasteiger partial charge is 0.279 e. The van der Waals surface area contributed by atoms with Crippen LogP contribution in [0.1, 0.15) is 41.5 Å². The predicted octanol–water partition coefficient (Wildman–Crippen LogP) is 4.69. The van der Waals surface area contributed by atoms with Crippen molar-refractivity contribution in [2.45, 2.75) is 29.9 Å². The average molecular weight is 438 g/mol. The molecule has 0 saturated heterocycles. The number of anilines is 1. The second-order valence-electron chi connectivity index (χ2n) is 5.56. The van der Waals surface area contributed by atoms with Crippen LogP contribution in [0.3, 0.4) is 0 Å². The maximum atomic E-state index is 12.4. The van der Waals surface area contributed by atoms with E-state index in [-0.39, 0.29) is 11.8 Å². The number of benzene rings is 1. The van der Waals surface area contributed by atoms with Crippen LogP contribution in [0.2, 0.25) is 0 Å². The summed E-state index contributed by atoms with van der Waals surface area (Å²) >= 11 is 6.37. The van der Waals surface area contributed by atoms with Crippen LogP contribution in [-0.2, 0) is 5.75 Å². The van der Waals surface area contributed by atoms with Crippen LogP contribution in [0, 0.1) is 0 Å². The predicted molar refractivity (Wildman–Crippen MR) is 104 cm³/mol. The van der Waals surface area contributed by atoms with Crippen molar-refractivity contribution in [3.63, 3.8) is 0 Å². The Kier molecular flexibility index (Phi) is 5.87. The number of hydrogen-bond donors (Lipinski definition) is 2. The van der Waals surface area contributed by atoms with Gasteiger partial charge in [0.05, 0.1) is 10.2 Å². The Morgan fingerprint density at radius 1 is 1.32 bits per heavy atom. The largest absolute Gasteiger partial charge is 0.295 e. The van der Waals surface area contributed by atoms with E-state index in [9.17, 15) is 4.79 Å². The highest BCUT2D eigenvalue weighted by Gasteiger charge is 2.20. The molecule has 0 atom stereocenters. The number of halogens is 1. The molecule has 2 N–H and O–H groups in total. The Morgan fingerprint density at radius 3 is 2.76 bits per heavy atom. The molecule has 6 nitrogen and oxygen atoms in total. The first-order valence-electron chi connectivity index (χ1n) is 7.60. The van der Waals surface area contributed by atoms with Crippen molar-refractivity contribution in [1.82, 2.24) is 20.4 Å². The molecule has 25 heavy (non-hydrogen) atoms. The molecule has 0 aliphatic carbocycles. The Hall–Kier alpha value is -1.71. The van der Waals surface area contributed by atoms with Crippen molar-refractivity contribution < 1.29 is 4.79 Å². The molecule has 0 fully saturated rings. The van der Waals surface area contributed by atoms with E-state index in [0.29, 0.717) is 15.3 Å². The van der Waals surface area contributed by atoms with E-state index in [2.05, 4.69) is 53.8 Å². The Morgan fingerprint density at radius 2 is 2.08 bits per heavy atom. The molecule has 0 bridgehead atoms. The summed E-state index contributed by atoms with van der Waals surface area (Å²) in [7, 11) is 0. The van der Waals surface area contributed by atoms with Gasteiger partial charge in [0.25, 0.3) is 5.91 Å². The zero-order valence-corrected chi connectivity index (χ0v) is 16.8. The summed E-state index contributed by atoms with van der Waals surface area (Å²) in [6.07, 6.45) is 0. The molecular weight excluding hydrogens is 422 g/mol. The van der Waals surface area contributed by atoms with Crippen molar-refractivity contribution in [3.8, 4) is 0 Å². The lowest BCUT2D eigenvalue weighted by molar-refractivity contribution is 0.102. The number of amides is 1. The second-order valence-corrected chi connectivity index (χ2v) is 8.55. The number of thioether (sulfide) groups is 1. The van der Waals surface area contributed by atoms with Crippen molar-refractivity contribution in [3.05, 3.63) is 51.8 Å². The molecule has 9 heteroatoms. The first-order valence-corrected chi connectivity index (χ1v) is 10.2. The van der Waals surface area contributed by atoms with Gasteiger partial charge < -0.3 is 0 Å². The second kappa shape index (κ2) is 8.11. The highest BCUT2D eigenvalue weighted by atomic mass is 79.9. The van der Waals surface area contributed by atoms with Gasteiger partial charge in [-0.3, -0.25) is 15.2 Å². The highest BCUT2D eigenvalue weighted by molar-refractivity contribution is 9.10. The fraction of sp³-hybridized carbons (Fsp3) is 0.250. The first-order chi connectivity index (χ1) is 12.0. The summed E-state index contributed by atoms with van der Waals surface area (Å²) < 4.78 is 1.49. The monoisotopic (exact) mass is 437 g/mol. The molecule has 2 heterocycles. The third-order valence-electron chi connectivity index (χ3n) is 3.36. The topological polar surface area (TPSA) is 83.6 Å². The van der Waals surface area contributed by atoms with E-state index < -0.39 is 0 Å². The SMILES string of the molecule is CC(C)c1[nH]nc(C(=O)Nc2nnc(SCc3ccccc3)s2)c1Br. The van der Waals surface area contributed by atoms with Crippen LogP contribution in [0.5, 0.6) is 0 Å². The summed E-state index contributed by atoms with van der Waals surface area (Å²) in [5.74, 6) is 0.739. The molecule has 1 amide bonds. The molecular formula is C16H16BrN5OS2. The molecule has 2 aromatic heterocycles. The number of carbonyl (C=O) groups excluding carboxylic acids is 1. The average Bonchev–Trinajstić information content (AvgIpc) is 3.20. The summed E-state index contributed by atoms with van der Waals surface area (Å²) in [6.45, 7) is 4.06. The lowest BCUT2D eigenvalue weighted by atomic mass is 10.1. The molecule has 0 unspecified atom stereocenters. The van der Waals surface area contributed by atoms with Crippen LogP contribution in [-0.4, -0.2) is 26.3 Å². The summed E-state index contributed by atoms with van der Waals surface area (Å²) in [4.78, 5) is 12.4. The molecule has 0 saturated carbocycles. The maximum absolute atomic E-state index is 12.4. The molecule has 0 aliphatic rings. The first kappa shape index (κ1) is 18.1. The molecule has 3 rings (SSSR count). The number of nitrogens with one attached hydrogen (secondary N) is 2. The van der Waals surface area contributed by atoms with Gasteiger partial charge in [0.2, 0.25) is 5.13 Å². The minimum atomic E-state index is -0.314. The third kappa shape index (κ3) is 4.47. The Balaban J connectivity index is 1.62. The van der Waals surface area contributed by atoms with Gasteiger partial charge in [0.1, 0.15) is 0 Å². The zero-order chi connectivity index (χ0) is 17.8. The summed E-state index contributed by atoms with van der Waals surface area (Å²) in [6, 6.07) is 10.1. The number of aromatic amines is 1. The lowest BCUT2D eigenvalue weighted by Gasteiger charge is -2.01. The standard InChI is InChI=1S/C16H16BrN5OS2/c1-9(2)12-11(17)13(20-19-12)14(23)18-15-21-22-16(25-15)24-8-10-6-4-3-5-7-10/h3-7,9H,8H2,1-2H3,(H,19,20)(H,18,21,23). The van der Waals surface area contributed by atoms with Crippen molar-refractivity contribution in [1.29, 1.82) is 0 Å². The van der Waals surface area contributed by atoms with Crippen LogP contribution >= 0.6 is 39.0 Å². The van der Waals surface area contributed by atoms with Gasteiger partial charge in [0.15, 0.2) is 10.0 Å². The molecule has 1 aromatic carbocycles. The number of rotatable bonds is 6. The number of carbonyl (C=O) groups is 1. The molecule has 0 aliphatic heterocycles. The lowest BCUT2D eigenvalue weighted by Crippen LogP contribution is -2.12. The van der Waals surface area contributed by atoms with E-state index in [1.165, 1.54) is 16.9 Å². The number of H-pyrrole nitrogens is 1.